The molecule has 2 heterocycles. The Bertz CT molecular complexity index is 787. The number of nitrogens with zero attached hydrogens (tertiary/aromatic N) is 3. The van der Waals surface area contributed by atoms with E-state index in [0.29, 0.717) is 38.3 Å². The number of hydrogen-bond acceptors (Lipinski definition) is 6. The van der Waals surface area contributed by atoms with Crippen molar-refractivity contribution in [3.05, 3.63) is 29.1 Å². The van der Waals surface area contributed by atoms with Gasteiger partial charge < -0.3 is 19.1 Å². The molecule has 3 rings (SSSR count). The number of amides is 1. The first-order valence-corrected chi connectivity index (χ1v) is 9.33. The summed E-state index contributed by atoms with van der Waals surface area (Å²) >= 11 is 0. The molecule has 2 aliphatic rings. The number of rotatable bonds is 2. The zero-order chi connectivity index (χ0) is 20.5. The summed E-state index contributed by atoms with van der Waals surface area (Å²) in [6, 6.07) is 4.89. The highest BCUT2D eigenvalue weighted by Crippen LogP contribution is 2.32. The molecule has 0 spiro atoms. The van der Waals surface area contributed by atoms with Crippen molar-refractivity contribution in [2.24, 2.45) is 0 Å². The summed E-state index contributed by atoms with van der Waals surface area (Å²) in [6.07, 6.45) is -0.631. The highest BCUT2D eigenvalue weighted by Gasteiger charge is 2.37. The number of morpholine rings is 1. The molecule has 2 atom stereocenters. The molecular formula is C20H26FN3O4. The third-order valence-corrected chi connectivity index (χ3v) is 4.93. The van der Waals surface area contributed by atoms with Gasteiger partial charge in [-0.3, -0.25) is 4.90 Å². The molecule has 0 radical (unpaired) electrons. The highest BCUT2D eigenvalue weighted by atomic mass is 19.1. The number of benzene rings is 1. The highest BCUT2D eigenvalue weighted by molar-refractivity contribution is 5.68. The van der Waals surface area contributed by atoms with Gasteiger partial charge >= 0.3 is 6.09 Å². The molecule has 2 saturated heterocycles. The van der Waals surface area contributed by atoms with E-state index < -0.39 is 11.4 Å². The number of hydrogen-bond donors (Lipinski definition) is 0. The molecular weight excluding hydrogens is 365 g/mol. The summed E-state index contributed by atoms with van der Waals surface area (Å²) in [5.41, 5.74) is 0.00783. The number of piperazine rings is 1. The van der Waals surface area contributed by atoms with Crippen LogP contribution in [0.1, 0.15) is 38.0 Å². The molecule has 152 valence electrons. The molecule has 0 unspecified atom stereocenters. The fourth-order valence-electron chi connectivity index (χ4n) is 3.54. The lowest BCUT2D eigenvalue weighted by Crippen LogP contribution is -2.60. The zero-order valence-electron chi connectivity index (χ0n) is 16.7. The van der Waals surface area contributed by atoms with Crippen molar-refractivity contribution in [2.75, 3.05) is 39.9 Å². The number of methoxy groups -OCH3 is 1. The van der Waals surface area contributed by atoms with Gasteiger partial charge in [0.2, 0.25) is 0 Å². The normalized spacial score (nSPS) is 22.9. The van der Waals surface area contributed by atoms with Crippen LogP contribution in [0.15, 0.2) is 12.1 Å². The molecule has 1 aromatic carbocycles. The monoisotopic (exact) mass is 391 g/mol. The van der Waals surface area contributed by atoms with E-state index in [0.717, 1.165) is 0 Å². The SMILES string of the molecule is COc1cc([C@H]2CN3CCN(C(=O)OC(C)(C)C)C[C@@H]3CO2)cc(F)c1C#N. The van der Waals surface area contributed by atoms with Crippen LogP contribution >= 0.6 is 0 Å². The fourth-order valence-corrected chi connectivity index (χ4v) is 3.54. The van der Waals surface area contributed by atoms with Gasteiger partial charge in [0.05, 0.1) is 25.9 Å². The number of carbonyl (C=O) groups is 1. The van der Waals surface area contributed by atoms with E-state index in [-0.39, 0.29) is 29.6 Å². The lowest BCUT2D eigenvalue weighted by atomic mass is 10.0. The maximum absolute atomic E-state index is 14.2. The van der Waals surface area contributed by atoms with Crippen molar-refractivity contribution < 1.29 is 23.4 Å². The van der Waals surface area contributed by atoms with Gasteiger partial charge in [-0.1, -0.05) is 0 Å². The summed E-state index contributed by atoms with van der Waals surface area (Å²) in [5.74, 6) is -0.407. The number of ether oxygens (including phenoxy) is 3. The predicted octanol–water partition coefficient (Wildman–Crippen LogP) is 2.70. The van der Waals surface area contributed by atoms with Crippen molar-refractivity contribution in [2.45, 2.75) is 38.5 Å². The number of fused-ring (bicyclic) bond motifs is 1. The van der Waals surface area contributed by atoms with Crippen molar-refractivity contribution in [3.8, 4) is 11.8 Å². The Balaban J connectivity index is 1.67. The number of nitriles is 1. The van der Waals surface area contributed by atoms with E-state index in [1.807, 2.05) is 26.8 Å². The maximum atomic E-state index is 14.2. The maximum Gasteiger partial charge on any atom is 0.410 e. The lowest BCUT2D eigenvalue weighted by molar-refractivity contribution is -0.0907. The van der Waals surface area contributed by atoms with Crippen LogP contribution in [0, 0.1) is 17.1 Å². The average Bonchev–Trinajstić information content (AvgIpc) is 2.65. The first kappa shape index (κ1) is 20.4. The molecule has 2 fully saturated rings. The molecule has 28 heavy (non-hydrogen) atoms. The van der Waals surface area contributed by atoms with Crippen LogP contribution in [0.4, 0.5) is 9.18 Å². The second kappa shape index (κ2) is 7.94. The predicted molar refractivity (Wildman–Crippen MR) is 99.5 cm³/mol. The second-order valence-corrected chi connectivity index (χ2v) is 8.09. The van der Waals surface area contributed by atoms with Crippen molar-refractivity contribution in [3.63, 3.8) is 0 Å². The van der Waals surface area contributed by atoms with Gasteiger partial charge in [0.25, 0.3) is 0 Å². The van der Waals surface area contributed by atoms with Crippen LogP contribution in [-0.2, 0) is 9.47 Å². The molecule has 2 aliphatic heterocycles. The molecule has 1 aromatic rings. The van der Waals surface area contributed by atoms with Crippen molar-refractivity contribution in [1.82, 2.24) is 9.80 Å². The Labute approximate surface area is 164 Å². The molecule has 0 saturated carbocycles. The lowest BCUT2D eigenvalue weighted by Gasteiger charge is -2.46. The average molecular weight is 391 g/mol. The minimum absolute atomic E-state index is 0.0719. The van der Waals surface area contributed by atoms with Crippen LogP contribution in [0.5, 0.6) is 5.75 Å². The van der Waals surface area contributed by atoms with E-state index in [2.05, 4.69) is 4.90 Å². The third kappa shape index (κ3) is 4.37. The van der Waals surface area contributed by atoms with Gasteiger partial charge in [0.1, 0.15) is 28.8 Å². The summed E-state index contributed by atoms with van der Waals surface area (Å²) in [4.78, 5) is 16.3. The molecule has 7 nitrogen and oxygen atoms in total. The first-order valence-electron chi connectivity index (χ1n) is 9.33. The van der Waals surface area contributed by atoms with Gasteiger partial charge in [0.15, 0.2) is 0 Å². The largest absolute Gasteiger partial charge is 0.495 e. The smallest absolute Gasteiger partial charge is 0.410 e. The van der Waals surface area contributed by atoms with Crippen LogP contribution in [-0.4, -0.2) is 67.4 Å². The molecule has 0 N–H and O–H groups in total. The minimum atomic E-state index is -0.614. The Morgan fingerprint density at radius 1 is 1.32 bits per heavy atom. The standard InChI is InChI=1S/C20H26FN3O4/c1-20(2,3)28-19(25)24-6-5-23-11-18(27-12-14(23)10-24)13-7-16(21)15(9-22)17(8-13)26-4/h7-8,14,18H,5-6,10-12H2,1-4H3/t14-,18-/m1/s1. The summed E-state index contributed by atoms with van der Waals surface area (Å²) < 4.78 is 30.8. The first-order chi connectivity index (χ1) is 13.2. The van der Waals surface area contributed by atoms with E-state index in [9.17, 15) is 9.18 Å². The van der Waals surface area contributed by atoms with Gasteiger partial charge in [-0.15, -0.1) is 0 Å². The van der Waals surface area contributed by atoms with E-state index in [1.54, 1.807) is 11.0 Å². The quantitative estimate of drug-likeness (QED) is 0.772. The molecule has 8 heteroatoms. The number of carbonyl (C=O) groups excluding carboxylic acids is 1. The van der Waals surface area contributed by atoms with Crippen LogP contribution in [0.25, 0.3) is 0 Å². The molecule has 1 amide bonds. The van der Waals surface area contributed by atoms with E-state index in [4.69, 9.17) is 19.5 Å². The van der Waals surface area contributed by atoms with Crippen LogP contribution in [0.2, 0.25) is 0 Å². The Kier molecular flexibility index (Phi) is 5.77. The summed E-state index contributed by atoms with van der Waals surface area (Å²) in [7, 11) is 1.41. The Morgan fingerprint density at radius 3 is 2.71 bits per heavy atom. The van der Waals surface area contributed by atoms with Crippen molar-refractivity contribution >= 4 is 6.09 Å². The van der Waals surface area contributed by atoms with E-state index in [1.165, 1.54) is 13.2 Å². The van der Waals surface area contributed by atoms with Gasteiger partial charge in [0, 0.05) is 26.2 Å². The second-order valence-electron chi connectivity index (χ2n) is 8.09. The minimum Gasteiger partial charge on any atom is -0.495 e. The molecule has 0 bridgehead atoms. The van der Waals surface area contributed by atoms with Gasteiger partial charge in [-0.2, -0.15) is 5.26 Å². The van der Waals surface area contributed by atoms with E-state index >= 15 is 0 Å². The summed E-state index contributed by atoms with van der Waals surface area (Å²) in [5, 5.41) is 9.07. The topological polar surface area (TPSA) is 75.0 Å². The van der Waals surface area contributed by atoms with Gasteiger partial charge in [-0.25, -0.2) is 9.18 Å². The third-order valence-electron chi connectivity index (χ3n) is 4.93. The number of halogens is 1. The fraction of sp³-hybridized carbons (Fsp3) is 0.600. The molecule has 0 aromatic heterocycles. The zero-order valence-corrected chi connectivity index (χ0v) is 16.7. The van der Waals surface area contributed by atoms with Crippen LogP contribution in [0.3, 0.4) is 0 Å². The van der Waals surface area contributed by atoms with Gasteiger partial charge in [-0.05, 0) is 38.5 Å². The Hall–Kier alpha value is -2.37. The Morgan fingerprint density at radius 2 is 2.07 bits per heavy atom. The van der Waals surface area contributed by atoms with Crippen LogP contribution < -0.4 is 4.74 Å². The van der Waals surface area contributed by atoms with Crippen molar-refractivity contribution in [1.29, 1.82) is 5.26 Å². The summed E-state index contributed by atoms with van der Waals surface area (Å²) in [6.45, 7) is 8.35. The molecule has 0 aliphatic carbocycles.